The van der Waals surface area contributed by atoms with Crippen molar-refractivity contribution in [3.8, 4) is 0 Å². The van der Waals surface area contributed by atoms with Crippen LogP contribution in [0.3, 0.4) is 0 Å². The monoisotopic (exact) mass is 320 g/mol. The van der Waals surface area contributed by atoms with Crippen LogP contribution in [-0.2, 0) is 6.54 Å². The number of rotatable bonds is 2. The van der Waals surface area contributed by atoms with Gasteiger partial charge in [-0.25, -0.2) is 18.0 Å². The summed E-state index contributed by atoms with van der Waals surface area (Å²) in [6.45, 7) is 1.65. The van der Waals surface area contributed by atoms with Crippen molar-refractivity contribution in [2.75, 3.05) is 0 Å². The van der Waals surface area contributed by atoms with Gasteiger partial charge in [0, 0.05) is 12.7 Å². The second-order valence-electron chi connectivity index (χ2n) is 3.93. The highest BCUT2D eigenvalue weighted by atomic mass is 19.2. The number of nitrogens with zero attached hydrogens (tertiary/aromatic N) is 1. The fourth-order valence-electron chi connectivity index (χ4n) is 1.87. The lowest BCUT2D eigenvalue weighted by Crippen LogP contribution is -2.20. The van der Waals surface area contributed by atoms with Crippen LogP contribution in [0.25, 0.3) is 10.9 Å². The predicted octanol–water partition coefficient (Wildman–Crippen LogP) is 2.60. The van der Waals surface area contributed by atoms with E-state index in [1.807, 2.05) is 0 Å². The second-order valence-corrected chi connectivity index (χ2v) is 3.93. The van der Waals surface area contributed by atoms with Crippen LogP contribution in [0.15, 0.2) is 17.1 Å². The van der Waals surface area contributed by atoms with E-state index in [1.165, 1.54) is 0 Å². The number of carbonyl (C=O) groups is 1. The average Bonchev–Trinajstić information content (AvgIpc) is 2.46. The van der Waals surface area contributed by atoms with E-state index in [1.54, 1.807) is 6.92 Å². The second kappa shape index (κ2) is 7.05. The van der Waals surface area contributed by atoms with Crippen LogP contribution >= 0.6 is 0 Å². The highest BCUT2D eigenvalue weighted by Gasteiger charge is 2.21. The fourth-order valence-corrected chi connectivity index (χ4v) is 1.87. The van der Waals surface area contributed by atoms with Crippen molar-refractivity contribution in [1.82, 2.24) is 4.57 Å². The molecule has 10 heteroatoms. The molecule has 117 valence electrons. The highest BCUT2D eigenvalue weighted by Crippen LogP contribution is 2.21. The third-order valence-electron chi connectivity index (χ3n) is 2.77. The molecule has 2 rings (SSSR count). The van der Waals surface area contributed by atoms with Gasteiger partial charge in [-0.3, -0.25) is 13.4 Å². The number of aromatic nitrogens is 1. The quantitative estimate of drug-likeness (QED) is 0.526. The number of pyridine rings is 1. The molecule has 0 spiro atoms. The lowest BCUT2D eigenvalue weighted by Gasteiger charge is -2.11. The Balaban J connectivity index is 0.000000745. The SMILES string of the molecule is CCn1cc(C(=O)O)c(=O)c2cc(F)c(F)c(F)c21.F[B]F. The van der Waals surface area contributed by atoms with E-state index in [-0.39, 0.29) is 6.54 Å². The number of carboxylic acids is 1. The maximum Gasteiger partial charge on any atom is 0.577 e. The summed E-state index contributed by atoms with van der Waals surface area (Å²) in [6.07, 6.45) is 0.910. The first-order chi connectivity index (χ1) is 10.3. The molecule has 1 aromatic heterocycles. The Kier molecular flexibility index (Phi) is 5.66. The van der Waals surface area contributed by atoms with E-state index >= 15 is 0 Å². The minimum Gasteiger partial charge on any atom is -0.477 e. The summed E-state index contributed by atoms with van der Waals surface area (Å²) < 4.78 is 60.1. The normalized spacial score (nSPS) is 10.1. The molecule has 1 radical (unpaired) electrons. The van der Waals surface area contributed by atoms with Gasteiger partial charge < -0.3 is 9.67 Å². The van der Waals surface area contributed by atoms with Crippen LogP contribution in [0, 0.1) is 17.5 Å². The van der Waals surface area contributed by atoms with E-state index in [2.05, 4.69) is 0 Å². The zero-order valence-corrected chi connectivity index (χ0v) is 11.0. The Labute approximate surface area is 121 Å². The molecule has 4 nitrogen and oxygen atoms in total. The standard InChI is InChI=1S/C12H8F3NO3.BF2/c1-2-16-4-6(12(18)19)11(17)5-3-7(13)8(14)9(15)10(5)16;2-1-3/h3-4H,2H2,1H3,(H,18,19);. The van der Waals surface area contributed by atoms with Crippen LogP contribution in [0.4, 0.5) is 21.8 Å². The molecule has 0 aliphatic rings. The van der Waals surface area contributed by atoms with Crippen LogP contribution in [-0.4, -0.2) is 23.5 Å². The molecule has 0 aliphatic heterocycles. The number of aromatic carboxylic acids is 1. The van der Waals surface area contributed by atoms with E-state index in [4.69, 9.17) is 5.11 Å². The van der Waals surface area contributed by atoms with Crippen LogP contribution < -0.4 is 5.43 Å². The Morgan fingerprint density at radius 2 is 1.82 bits per heavy atom. The van der Waals surface area contributed by atoms with Crippen LogP contribution in [0.1, 0.15) is 17.3 Å². The van der Waals surface area contributed by atoms with Crippen LogP contribution in [0.2, 0.25) is 0 Å². The van der Waals surface area contributed by atoms with Gasteiger partial charge in [0.15, 0.2) is 17.5 Å². The van der Waals surface area contributed by atoms with E-state index < -0.39 is 53.1 Å². The molecule has 0 aliphatic carbocycles. The molecule has 0 amide bonds. The smallest absolute Gasteiger partial charge is 0.477 e. The fraction of sp³-hybridized carbons (Fsp3) is 0.167. The maximum atomic E-state index is 13.7. The molecular weight excluding hydrogens is 312 g/mol. The lowest BCUT2D eigenvalue weighted by molar-refractivity contribution is 0.0695. The maximum absolute atomic E-state index is 13.7. The number of carboxylic acid groups (broad SMARTS) is 1. The third-order valence-corrected chi connectivity index (χ3v) is 2.77. The summed E-state index contributed by atoms with van der Waals surface area (Å²) in [4.78, 5) is 22.7. The Morgan fingerprint density at radius 3 is 2.27 bits per heavy atom. The molecule has 1 N–H and O–H groups in total. The third kappa shape index (κ3) is 3.10. The zero-order valence-electron chi connectivity index (χ0n) is 11.0. The summed E-state index contributed by atoms with van der Waals surface area (Å²) in [5.74, 6) is -6.26. The van der Waals surface area contributed by atoms with Gasteiger partial charge in [0.05, 0.1) is 10.9 Å². The molecule has 0 bridgehead atoms. The molecule has 2 aromatic rings. The molecule has 0 saturated carbocycles. The van der Waals surface area contributed by atoms with Crippen LogP contribution in [0.5, 0.6) is 0 Å². The summed E-state index contributed by atoms with van der Waals surface area (Å²) in [5, 5.41) is 8.36. The number of benzene rings is 1. The van der Waals surface area contributed by atoms with Crippen molar-refractivity contribution in [2.24, 2.45) is 0 Å². The molecule has 0 atom stereocenters. The van der Waals surface area contributed by atoms with Gasteiger partial charge in [-0.2, -0.15) is 0 Å². The minimum atomic E-state index is -1.70. The molecule has 0 saturated heterocycles. The van der Waals surface area contributed by atoms with Gasteiger partial charge in [-0.15, -0.1) is 0 Å². The van der Waals surface area contributed by atoms with Crippen molar-refractivity contribution in [3.05, 3.63) is 45.5 Å². The van der Waals surface area contributed by atoms with Crippen molar-refractivity contribution in [3.63, 3.8) is 0 Å². The van der Waals surface area contributed by atoms with Gasteiger partial charge in [0.1, 0.15) is 5.56 Å². The largest absolute Gasteiger partial charge is 0.577 e. The Bertz CT molecular complexity index is 778. The predicted molar refractivity (Wildman–Crippen MR) is 68.7 cm³/mol. The van der Waals surface area contributed by atoms with Gasteiger partial charge in [-0.05, 0) is 13.0 Å². The Hall–Kier alpha value is -2.39. The first kappa shape index (κ1) is 17.7. The summed E-state index contributed by atoms with van der Waals surface area (Å²) >= 11 is 0. The van der Waals surface area contributed by atoms with Crippen molar-refractivity contribution in [1.29, 1.82) is 0 Å². The van der Waals surface area contributed by atoms with Crippen molar-refractivity contribution in [2.45, 2.75) is 13.5 Å². The first-order valence-corrected chi connectivity index (χ1v) is 5.76. The average molecular weight is 320 g/mol. The number of fused-ring (bicyclic) bond motifs is 1. The first-order valence-electron chi connectivity index (χ1n) is 5.76. The minimum absolute atomic E-state index is 0.0963. The van der Waals surface area contributed by atoms with Gasteiger partial charge in [0.2, 0.25) is 5.43 Å². The van der Waals surface area contributed by atoms with E-state index in [0.29, 0.717) is 6.07 Å². The number of hydrogen-bond donors (Lipinski definition) is 1. The molecule has 22 heavy (non-hydrogen) atoms. The van der Waals surface area contributed by atoms with Crippen molar-refractivity contribution < 1.29 is 31.7 Å². The number of hydrogen-bond acceptors (Lipinski definition) is 2. The van der Waals surface area contributed by atoms with E-state index in [9.17, 15) is 31.4 Å². The highest BCUT2D eigenvalue weighted by molar-refractivity contribution is 6.15. The van der Waals surface area contributed by atoms with E-state index in [0.717, 1.165) is 10.8 Å². The van der Waals surface area contributed by atoms with Crippen molar-refractivity contribution >= 4 is 24.7 Å². The summed E-state index contributed by atoms with van der Waals surface area (Å²) in [5.41, 5.74) is -2.12. The number of halogens is 5. The zero-order chi connectivity index (χ0) is 17.0. The summed E-state index contributed by atoms with van der Waals surface area (Å²) in [7, 11) is -1.00. The topological polar surface area (TPSA) is 59.3 Å². The van der Waals surface area contributed by atoms with Gasteiger partial charge in [-0.1, -0.05) is 0 Å². The molecule has 1 aromatic carbocycles. The summed E-state index contributed by atoms with van der Waals surface area (Å²) in [6, 6.07) is 0.509. The molecule has 0 fully saturated rings. The lowest BCUT2D eigenvalue weighted by atomic mass is 10.1. The Morgan fingerprint density at radius 1 is 1.27 bits per heavy atom. The number of aryl methyl sites for hydroxylation is 1. The molecule has 1 heterocycles. The van der Waals surface area contributed by atoms with Gasteiger partial charge in [0.25, 0.3) is 0 Å². The molecule has 0 unspecified atom stereocenters. The van der Waals surface area contributed by atoms with Gasteiger partial charge >= 0.3 is 13.8 Å². The molecular formula is C12H8BF5NO3.